The minimum atomic E-state index is -0.127. The summed E-state index contributed by atoms with van der Waals surface area (Å²) in [5, 5.41) is 0. The fraction of sp³-hybridized carbons (Fsp3) is 0.692. The summed E-state index contributed by atoms with van der Waals surface area (Å²) < 4.78 is 2.07. The van der Waals surface area contributed by atoms with Gasteiger partial charge in [-0.15, -0.1) is 0 Å². The summed E-state index contributed by atoms with van der Waals surface area (Å²) in [7, 11) is 0. The van der Waals surface area contributed by atoms with Gasteiger partial charge in [-0.1, -0.05) is 13.8 Å². The van der Waals surface area contributed by atoms with Gasteiger partial charge in [0, 0.05) is 25.6 Å². The largest absolute Gasteiger partial charge is 0.333 e. The molecule has 1 aromatic rings. The monoisotopic (exact) mass is 250 g/mol. The molecule has 1 fully saturated rings. The van der Waals surface area contributed by atoms with Crippen LogP contribution in [0.3, 0.4) is 0 Å². The first-order chi connectivity index (χ1) is 8.54. The van der Waals surface area contributed by atoms with E-state index < -0.39 is 0 Å². The number of nitrogens with two attached hydrogens (primary N) is 1. The van der Waals surface area contributed by atoms with Gasteiger partial charge >= 0.3 is 0 Å². The van der Waals surface area contributed by atoms with Crippen LogP contribution in [0.25, 0.3) is 0 Å². The summed E-state index contributed by atoms with van der Waals surface area (Å²) in [6.07, 6.45) is 4.07. The summed E-state index contributed by atoms with van der Waals surface area (Å²) in [6, 6.07) is -0.152. The van der Waals surface area contributed by atoms with Crippen LogP contribution in [0, 0.1) is 5.92 Å². The normalized spacial score (nSPS) is 24.3. The van der Waals surface area contributed by atoms with Gasteiger partial charge in [0.25, 0.3) is 0 Å². The van der Waals surface area contributed by atoms with Crippen molar-refractivity contribution in [1.29, 1.82) is 0 Å². The number of carbonyl (C=O) groups is 1. The zero-order chi connectivity index (χ0) is 13.3. The SMILES string of the molecule is CCn1cncc1C1C(N)CC(=O)N1CC(C)C. The molecule has 2 atom stereocenters. The van der Waals surface area contributed by atoms with E-state index in [2.05, 4.69) is 30.3 Å². The average molecular weight is 250 g/mol. The van der Waals surface area contributed by atoms with Crippen molar-refractivity contribution in [3.05, 3.63) is 18.2 Å². The van der Waals surface area contributed by atoms with Crippen LogP contribution in [-0.2, 0) is 11.3 Å². The predicted octanol–water partition coefficient (Wildman–Crippen LogP) is 1.16. The lowest BCUT2D eigenvalue weighted by Crippen LogP contribution is -2.36. The van der Waals surface area contributed by atoms with Crippen LogP contribution in [0.5, 0.6) is 0 Å². The maximum absolute atomic E-state index is 12.0. The van der Waals surface area contributed by atoms with Crippen LogP contribution >= 0.6 is 0 Å². The summed E-state index contributed by atoms with van der Waals surface area (Å²) in [5.74, 6) is 0.602. The molecular weight excluding hydrogens is 228 g/mol. The Morgan fingerprint density at radius 3 is 2.89 bits per heavy atom. The van der Waals surface area contributed by atoms with Crippen LogP contribution in [-0.4, -0.2) is 32.9 Å². The van der Waals surface area contributed by atoms with Crippen molar-refractivity contribution in [3.63, 3.8) is 0 Å². The molecule has 0 aromatic carbocycles. The molecule has 1 aliphatic heterocycles. The summed E-state index contributed by atoms with van der Waals surface area (Å²) in [6.45, 7) is 7.91. The number of rotatable bonds is 4. The molecule has 1 amide bonds. The van der Waals surface area contributed by atoms with E-state index in [0.717, 1.165) is 18.8 Å². The Hall–Kier alpha value is -1.36. The molecule has 0 radical (unpaired) electrons. The Morgan fingerprint density at radius 2 is 2.28 bits per heavy atom. The Kier molecular flexibility index (Phi) is 3.71. The molecule has 1 aromatic heterocycles. The lowest BCUT2D eigenvalue weighted by Gasteiger charge is -2.28. The Labute approximate surface area is 108 Å². The fourth-order valence-corrected chi connectivity index (χ4v) is 2.65. The third-order valence-corrected chi connectivity index (χ3v) is 3.42. The maximum atomic E-state index is 12.0. The molecule has 0 aliphatic carbocycles. The highest BCUT2D eigenvalue weighted by Gasteiger charge is 2.40. The third-order valence-electron chi connectivity index (χ3n) is 3.42. The molecule has 1 aliphatic rings. The third kappa shape index (κ3) is 2.27. The average Bonchev–Trinajstić information content (AvgIpc) is 2.84. The second-order valence-corrected chi connectivity index (χ2v) is 5.36. The highest BCUT2D eigenvalue weighted by molar-refractivity contribution is 5.80. The minimum Gasteiger partial charge on any atom is -0.333 e. The molecule has 1 saturated heterocycles. The quantitative estimate of drug-likeness (QED) is 0.872. The van der Waals surface area contributed by atoms with E-state index in [-0.39, 0.29) is 18.0 Å². The number of aryl methyl sites for hydroxylation is 1. The number of carbonyl (C=O) groups excluding carboxylic acids is 1. The molecular formula is C13H22N4O. The minimum absolute atomic E-state index is 0.0256. The molecule has 2 heterocycles. The van der Waals surface area contributed by atoms with E-state index in [1.165, 1.54) is 0 Å². The van der Waals surface area contributed by atoms with Crippen molar-refractivity contribution in [1.82, 2.24) is 14.5 Å². The van der Waals surface area contributed by atoms with Gasteiger partial charge in [-0.05, 0) is 12.8 Å². The van der Waals surface area contributed by atoms with Gasteiger partial charge < -0.3 is 15.2 Å². The Balaban J connectivity index is 2.30. The predicted molar refractivity (Wildman–Crippen MR) is 69.8 cm³/mol. The molecule has 18 heavy (non-hydrogen) atoms. The second-order valence-electron chi connectivity index (χ2n) is 5.36. The van der Waals surface area contributed by atoms with E-state index in [0.29, 0.717) is 12.3 Å². The van der Waals surface area contributed by atoms with E-state index in [4.69, 9.17) is 5.73 Å². The van der Waals surface area contributed by atoms with Gasteiger partial charge in [-0.3, -0.25) is 4.79 Å². The van der Waals surface area contributed by atoms with Gasteiger partial charge in [-0.25, -0.2) is 4.98 Å². The van der Waals surface area contributed by atoms with Gasteiger partial charge in [-0.2, -0.15) is 0 Å². The summed E-state index contributed by atoms with van der Waals surface area (Å²) in [5.41, 5.74) is 7.20. The first-order valence-corrected chi connectivity index (χ1v) is 6.59. The van der Waals surface area contributed by atoms with Crippen molar-refractivity contribution in [2.75, 3.05) is 6.54 Å². The zero-order valence-corrected chi connectivity index (χ0v) is 11.3. The Morgan fingerprint density at radius 1 is 1.56 bits per heavy atom. The van der Waals surface area contributed by atoms with Gasteiger partial charge in [0.05, 0.1) is 24.3 Å². The second kappa shape index (κ2) is 5.10. The fourth-order valence-electron chi connectivity index (χ4n) is 2.65. The first-order valence-electron chi connectivity index (χ1n) is 6.59. The van der Waals surface area contributed by atoms with Crippen molar-refractivity contribution in [2.24, 2.45) is 11.7 Å². The van der Waals surface area contributed by atoms with Gasteiger partial charge in [0.2, 0.25) is 5.91 Å². The summed E-state index contributed by atoms with van der Waals surface area (Å²) in [4.78, 5) is 18.1. The maximum Gasteiger partial charge on any atom is 0.224 e. The van der Waals surface area contributed by atoms with Crippen LogP contribution in [0.1, 0.15) is 38.9 Å². The van der Waals surface area contributed by atoms with Crippen LogP contribution in [0.15, 0.2) is 12.5 Å². The number of amides is 1. The lowest BCUT2D eigenvalue weighted by atomic mass is 10.1. The smallest absolute Gasteiger partial charge is 0.224 e. The molecule has 0 spiro atoms. The highest BCUT2D eigenvalue weighted by Crippen LogP contribution is 2.32. The number of aromatic nitrogens is 2. The molecule has 2 N–H and O–H groups in total. The molecule has 0 bridgehead atoms. The van der Waals surface area contributed by atoms with Gasteiger partial charge in [0.15, 0.2) is 0 Å². The number of hydrogen-bond donors (Lipinski definition) is 1. The van der Waals surface area contributed by atoms with E-state index >= 15 is 0 Å². The molecule has 5 nitrogen and oxygen atoms in total. The number of imidazole rings is 1. The van der Waals surface area contributed by atoms with E-state index in [1.807, 2.05) is 11.1 Å². The lowest BCUT2D eigenvalue weighted by molar-refractivity contribution is -0.129. The standard InChI is InChI=1S/C13H22N4O/c1-4-16-8-15-6-11(16)13-10(14)5-12(18)17(13)7-9(2)3/h6,8-10,13H,4-5,7,14H2,1-3H3. The number of nitrogens with zero attached hydrogens (tertiary/aromatic N) is 3. The zero-order valence-electron chi connectivity index (χ0n) is 11.3. The van der Waals surface area contributed by atoms with Crippen molar-refractivity contribution in [3.8, 4) is 0 Å². The van der Waals surface area contributed by atoms with Crippen LogP contribution < -0.4 is 5.73 Å². The molecule has 5 heteroatoms. The van der Waals surface area contributed by atoms with E-state index in [1.54, 1.807) is 6.33 Å². The van der Waals surface area contributed by atoms with Crippen LogP contribution in [0.2, 0.25) is 0 Å². The molecule has 0 saturated carbocycles. The van der Waals surface area contributed by atoms with Crippen molar-refractivity contribution < 1.29 is 4.79 Å². The highest BCUT2D eigenvalue weighted by atomic mass is 16.2. The topological polar surface area (TPSA) is 64.2 Å². The number of hydrogen-bond acceptors (Lipinski definition) is 3. The molecule has 100 valence electrons. The van der Waals surface area contributed by atoms with Gasteiger partial charge in [0.1, 0.15) is 0 Å². The summed E-state index contributed by atoms with van der Waals surface area (Å²) >= 11 is 0. The number of likely N-dealkylation sites (tertiary alicyclic amines) is 1. The van der Waals surface area contributed by atoms with Crippen LogP contribution in [0.4, 0.5) is 0 Å². The Bertz CT molecular complexity index is 426. The van der Waals surface area contributed by atoms with Crippen molar-refractivity contribution in [2.45, 2.75) is 45.8 Å². The molecule has 2 unspecified atom stereocenters. The first kappa shape index (κ1) is 13.1. The van der Waals surface area contributed by atoms with E-state index in [9.17, 15) is 4.79 Å². The molecule has 2 rings (SSSR count). The van der Waals surface area contributed by atoms with Crippen molar-refractivity contribution >= 4 is 5.91 Å².